The molecule has 0 saturated carbocycles. The number of thiazole rings is 1. The number of methoxy groups -OCH3 is 2. The van der Waals surface area contributed by atoms with Gasteiger partial charge in [0.1, 0.15) is 10.0 Å². The van der Waals surface area contributed by atoms with E-state index in [1.165, 1.54) is 23.3 Å². The highest BCUT2D eigenvalue weighted by molar-refractivity contribution is 7.23. The molecule has 1 N–H and O–H groups in total. The Morgan fingerprint density at radius 3 is 2.67 bits per heavy atom. The van der Waals surface area contributed by atoms with Crippen LogP contribution in [-0.4, -0.2) is 25.1 Å². The van der Waals surface area contributed by atoms with E-state index in [0.29, 0.717) is 11.5 Å². The number of anilines is 1. The minimum absolute atomic E-state index is 0.161. The molecule has 0 unspecified atom stereocenters. The number of ether oxygens (including phenoxy) is 2. The Bertz CT molecular complexity index is 1320. The molecule has 2 aromatic carbocycles. The van der Waals surface area contributed by atoms with Crippen LogP contribution in [-0.2, 0) is 17.6 Å². The zero-order chi connectivity index (χ0) is 22.8. The number of thiophene rings is 1. The van der Waals surface area contributed by atoms with E-state index in [1.807, 2.05) is 36.4 Å². The summed E-state index contributed by atoms with van der Waals surface area (Å²) < 4.78 is 11.8. The van der Waals surface area contributed by atoms with Crippen molar-refractivity contribution in [3.63, 3.8) is 0 Å². The molecule has 0 bridgehead atoms. The van der Waals surface area contributed by atoms with E-state index in [-0.39, 0.29) is 5.91 Å². The monoisotopic (exact) mass is 476 g/mol. The molecule has 1 amide bonds. The van der Waals surface area contributed by atoms with E-state index < -0.39 is 0 Å². The van der Waals surface area contributed by atoms with Gasteiger partial charge in [0.05, 0.1) is 24.4 Å². The Morgan fingerprint density at radius 2 is 1.85 bits per heavy atom. The van der Waals surface area contributed by atoms with Crippen molar-refractivity contribution in [3.05, 3.63) is 64.5 Å². The van der Waals surface area contributed by atoms with E-state index >= 15 is 0 Å². The molecule has 2 heterocycles. The Kier molecular flexibility index (Phi) is 6.15. The molecule has 0 spiro atoms. The summed E-state index contributed by atoms with van der Waals surface area (Å²) >= 11 is 3.38. The van der Waals surface area contributed by atoms with Crippen LogP contribution in [0.15, 0.2) is 48.5 Å². The van der Waals surface area contributed by atoms with Crippen molar-refractivity contribution in [3.8, 4) is 22.1 Å². The van der Waals surface area contributed by atoms with Crippen LogP contribution in [0.3, 0.4) is 0 Å². The van der Waals surface area contributed by atoms with Crippen molar-refractivity contribution in [1.82, 2.24) is 4.98 Å². The number of para-hydroxylation sites is 1. The standard InChI is InChI=1S/C26H24N2O3S2/c1-30-19-13-11-16(15-20(19)31-2)12-14-23(29)28-26-24(17-7-3-5-9-21(17)32-26)25-27-18-8-4-6-10-22(18)33-25/h4,6,8,10-15H,3,5,7,9H2,1-2H3,(H,28,29)/b14-12+. The van der Waals surface area contributed by atoms with E-state index in [2.05, 4.69) is 11.4 Å². The molecule has 168 valence electrons. The van der Waals surface area contributed by atoms with Crippen LogP contribution < -0.4 is 14.8 Å². The minimum Gasteiger partial charge on any atom is -0.493 e. The van der Waals surface area contributed by atoms with Crippen molar-refractivity contribution in [2.45, 2.75) is 25.7 Å². The van der Waals surface area contributed by atoms with Gasteiger partial charge in [-0.2, -0.15) is 0 Å². The first-order valence-electron chi connectivity index (χ1n) is 10.9. The molecule has 7 heteroatoms. The van der Waals surface area contributed by atoms with Gasteiger partial charge in [-0.05, 0) is 67.2 Å². The van der Waals surface area contributed by atoms with Crippen LogP contribution in [0, 0.1) is 0 Å². The number of hydrogen-bond acceptors (Lipinski definition) is 6. The summed E-state index contributed by atoms with van der Waals surface area (Å²) in [4.78, 5) is 19.1. The molecular formula is C26H24N2O3S2. The Labute approximate surface area is 200 Å². The molecule has 33 heavy (non-hydrogen) atoms. The third-order valence-electron chi connectivity index (χ3n) is 5.75. The summed E-state index contributed by atoms with van der Waals surface area (Å²) in [6, 6.07) is 13.7. The summed E-state index contributed by atoms with van der Waals surface area (Å²) in [6.07, 6.45) is 7.81. The lowest BCUT2D eigenvalue weighted by Gasteiger charge is -2.11. The lowest BCUT2D eigenvalue weighted by molar-refractivity contribution is -0.111. The molecule has 5 nitrogen and oxygen atoms in total. The number of rotatable bonds is 6. The number of amides is 1. The fourth-order valence-corrected chi connectivity index (χ4v) is 6.54. The molecule has 5 rings (SSSR count). The predicted molar refractivity (Wildman–Crippen MR) is 137 cm³/mol. The molecule has 0 fully saturated rings. The van der Waals surface area contributed by atoms with E-state index in [1.54, 1.807) is 49.0 Å². The topological polar surface area (TPSA) is 60.5 Å². The third kappa shape index (κ3) is 4.38. The third-order valence-corrected chi connectivity index (χ3v) is 8.01. The summed E-state index contributed by atoms with van der Waals surface area (Å²) in [7, 11) is 3.20. The lowest BCUT2D eigenvalue weighted by atomic mass is 9.96. The second-order valence-electron chi connectivity index (χ2n) is 7.84. The van der Waals surface area contributed by atoms with Gasteiger partial charge in [-0.25, -0.2) is 4.98 Å². The number of carbonyl (C=O) groups excluding carboxylic acids is 1. The maximum Gasteiger partial charge on any atom is 0.249 e. The van der Waals surface area contributed by atoms with Crippen LogP contribution in [0.2, 0.25) is 0 Å². The fraction of sp³-hybridized carbons (Fsp3) is 0.231. The van der Waals surface area contributed by atoms with Crippen LogP contribution in [0.5, 0.6) is 11.5 Å². The Balaban J connectivity index is 1.44. The van der Waals surface area contributed by atoms with Crippen LogP contribution in [0.1, 0.15) is 28.8 Å². The molecule has 4 aromatic rings. The maximum atomic E-state index is 12.9. The Morgan fingerprint density at radius 1 is 1.03 bits per heavy atom. The summed E-state index contributed by atoms with van der Waals surface area (Å²) in [5.74, 6) is 1.12. The van der Waals surface area contributed by atoms with E-state index in [9.17, 15) is 4.79 Å². The average Bonchev–Trinajstić information content (AvgIpc) is 3.43. The fourth-order valence-electron chi connectivity index (χ4n) is 4.14. The first-order valence-corrected chi connectivity index (χ1v) is 12.5. The molecule has 1 aliphatic carbocycles. The maximum absolute atomic E-state index is 12.9. The summed E-state index contributed by atoms with van der Waals surface area (Å²) in [6.45, 7) is 0. The number of nitrogens with zero attached hydrogens (tertiary/aromatic N) is 1. The van der Waals surface area contributed by atoms with Crippen molar-refractivity contribution < 1.29 is 14.3 Å². The van der Waals surface area contributed by atoms with Gasteiger partial charge in [0.25, 0.3) is 0 Å². The molecule has 0 radical (unpaired) electrons. The summed E-state index contributed by atoms with van der Waals surface area (Å²) in [5.41, 5.74) is 4.31. The smallest absolute Gasteiger partial charge is 0.249 e. The van der Waals surface area contributed by atoms with Gasteiger partial charge in [0, 0.05) is 16.5 Å². The molecule has 2 aromatic heterocycles. The molecule has 0 saturated heterocycles. The quantitative estimate of drug-likeness (QED) is 0.320. The van der Waals surface area contributed by atoms with Gasteiger partial charge in [0.15, 0.2) is 11.5 Å². The number of benzene rings is 2. The number of nitrogens with one attached hydrogen (secondary N) is 1. The lowest BCUT2D eigenvalue weighted by Crippen LogP contribution is -2.07. The SMILES string of the molecule is COc1ccc(/C=C/C(=O)Nc2sc3c(c2-c2nc4ccccc4s2)CCCC3)cc1OC. The first kappa shape index (κ1) is 21.7. The van der Waals surface area contributed by atoms with Gasteiger partial charge >= 0.3 is 0 Å². The average molecular weight is 477 g/mol. The van der Waals surface area contributed by atoms with Crippen molar-refractivity contribution >= 4 is 49.9 Å². The minimum atomic E-state index is -0.161. The molecule has 1 aliphatic rings. The normalized spacial score (nSPS) is 13.3. The number of hydrogen-bond donors (Lipinski definition) is 1. The van der Waals surface area contributed by atoms with Gasteiger partial charge in [-0.15, -0.1) is 22.7 Å². The highest BCUT2D eigenvalue weighted by Crippen LogP contribution is 2.46. The van der Waals surface area contributed by atoms with Gasteiger partial charge in [-0.1, -0.05) is 18.2 Å². The zero-order valence-corrected chi connectivity index (χ0v) is 20.1. The van der Waals surface area contributed by atoms with Gasteiger partial charge in [0.2, 0.25) is 5.91 Å². The van der Waals surface area contributed by atoms with E-state index in [4.69, 9.17) is 14.5 Å². The Hall–Kier alpha value is -3.16. The largest absolute Gasteiger partial charge is 0.493 e. The number of fused-ring (bicyclic) bond motifs is 2. The van der Waals surface area contributed by atoms with Crippen LogP contribution in [0.4, 0.5) is 5.00 Å². The highest BCUT2D eigenvalue weighted by Gasteiger charge is 2.24. The number of aryl methyl sites for hydroxylation is 1. The second kappa shape index (κ2) is 9.37. The van der Waals surface area contributed by atoms with Crippen molar-refractivity contribution in [1.29, 1.82) is 0 Å². The molecular weight excluding hydrogens is 452 g/mol. The first-order chi connectivity index (χ1) is 16.2. The van der Waals surface area contributed by atoms with Crippen molar-refractivity contribution in [2.75, 3.05) is 19.5 Å². The van der Waals surface area contributed by atoms with Crippen LogP contribution in [0.25, 0.3) is 26.9 Å². The zero-order valence-electron chi connectivity index (χ0n) is 18.5. The molecule has 0 atom stereocenters. The molecule has 0 aliphatic heterocycles. The van der Waals surface area contributed by atoms with E-state index in [0.717, 1.165) is 44.2 Å². The predicted octanol–water partition coefficient (Wildman–Crippen LogP) is 6.57. The highest BCUT2D eigenvalue weighted by atomic mass is 32.1. The van der Waals surface area contributed by atoms with Crippen LogP contribution >= 0.6 is 22.7 Å². The van der Waals surface area contributed by atoms with Gasteiger partial charge in [-0.3, -0.25) is 4.79 Å². The van der Waals surface area contributed by atoms with Crippen molar-refractivity contribution in [2.24, 2.45) is 0 Å². The van der Waals surface area contributed by atoms with Gasteiger partial charge < -0.3 is 14.8 Å². The number of carbonyl (C=O) groups is 1. The number of aromatic nitrogens is 1. The second-order valence-corrected chi connectivity index (χ2v) is 9.97. The summed E-state index contributed by atoms with van der Waals surface area (Å²) in [5, 5.41) is 5.01.